The first-order chi connectivity index (χ1) is 12.6. The third kappa shape index (κ3) is 3.33. The zero-order valence-corrected chi connectivity index (χ0v) is 17.1. The van der Waals surface area contributed by atoms with E-state index in [1.54, 1.807) is 13.2 Å². The van der Waals surface area contributed by atoms with E-state index in [1.165, 1.54) is 11.1 Å². The lowest BCUT2D eigenvalue weighted by Gasteiger charge is -2.42. The number of ether oxygens (including phenoxy) is 1. The van der Waals surface area contributed by atoms with E-state index in [0.29, 0.717) is 11.3 Å². The van der Waals surface area contributed by atoms with Crippen LogP contribution >= 0.6 is 0 Å². The highest BCUT2D eigenvalue weighted by molar-refractivity contribution is 5.78. The number of rotatable bonds is 4. The summed E-state index contributed by atoms with van der Waals surface area (Å²) in [6.07, 6.45) is 2.30. The van der Waals surface area contributed by atoms with Crippen LogP contribution in [0, 0.1) is 11.8 Å². The number of methoxy groups -OCH3 is 1. The van der Waals surface area contributed by atoms with Crippen molar-refractivity contribution in [2.75, 3.05) is 7.11 Å². The van der Waals surface area contributed by atoms with E-state index in [0.717, 1.165) is 29.5 Å². The summed E-state index contributed by atoms with van der Waals surface area (Å²) >= 11 is 0. The quantitative estimate of drug-likeness (QED) is 0.675. The van der Waals surface area contributed by atoms with Gasteiger partial charge < -0.3 is 9.84 Å². The molecule has 144 valence electrons. The van der Waals surface area contributed by atoms with Crippen molar-refractivity contribution in [3.05, 3.63) is 51.4 Å². The Kier molecular flexibility index (Phi) is 4.79. The Morgan fingerprint density at radius 2 is 1.59 bits per heavy atom. The van der Waals surface area contributed by atoms with Crippen LogP contribution in [0.3, 0.4) is 0 Å². The molecule has 0 unspecified atom stereocenters. The Balaban J connectivity index is 2.29. The van der Waals surface area contributed by atoms with Gasteiger partial charge in [-0.25, -0.2) is 0 Å². The fourth-order valence-electron chi connectivity index (χ4n) is 4.26. The number of nitroso groups, excluding NO2 is 1. The van der Waals surface area contributed by atoms with Gasteiger partial charge in [-0.2, -0.15) is 4.91 Å². The number of hydrogen-bond acceptors (Lipinski definition) is 4. The predicted octanol–water partition coefficient (Wildman–Crippen LogP) is 5.99. The standard InChI is InChI=1S/C23H29NO3/c1-14-9-18-19(23(4,5)8-7-22(18,2)3)12-16(14)17-10-15(13-24-26)11-20(25)21(17)27-6/h9-12,25H,7-8,13H2,1-6H3. The molecular formula is C23H29NO3. The lowest BCUT2D eigenvalue weighted by atomic mass is 9.62. The van der Waals surface area contributed by atoms with Crippen LogP contribution in [0.4, 0.5) is 0 Å². The molecule has 0 amide bonds. The molecule has 0 spiro atoms. The first-order valence-corrected chi connectivity index (χ1v) is 9.45. The van der Waals surface area contributed by atoms with Gasteiger partial charge in [-0.3, -0.25) is 0 Å². The van der Waals surface area contributed by atoms with Crippen molar-refractivity contribution >= 4 is 0 Å². The summed E-state index contributed by atoms with van der Waals surface area (Å²) in [5.41, 5.74) is 6.61. The van der Waals surface area contributed by atoms with Gasteiger partial charge >= 0.3 is 0 Å². The minimum Gasteiger partial charge on any atom is -0.504 e. The third-order valence-electron chi connectivity index (χ3n) is 6.07. The number of fused-ring (bicyclic) bond motifs is 1. The van der Waals surface area contributed by atoms with Crippen LogP contribution in [0.15, 0.2) is 29.4 Å². The van der Waals surface area contributed by atoms with Crippen LogP contribution in [0.25, 0.3) is 11.1 Å². The second-order valence-corrected chi connectivity index (χ2v) is 8.96. The molecule has 4 nitrogen and oxygen atoms in total. The van der Waals surface area contributed by atoms with Crippen LogP contribution in [-0.2, 0) is 17.4 Å². The molecule has 0 aliphatic heterocycles. The van der Waals surface area contributed by atoms with Crippen LogP contribution in [0.5, 0.6) is 11.5 Å². The predicted molar refractivity (Wildman–Crippen MR) is 110 cm³/mol. The summed E-state index contributed by atoms with van der Waals surface area (Å²) < 4.78 is 5.50. The lowest BCUT2D eigenvalue weighted by Crippen LogP contribution is -2.34. The summed E-state index contributed by atoms with van der Waals surface area (Å²) in [7, 11) is 1.55. The Bertz CT molecular complexity index is 897. The maximum atomic E-state index is 10.7. The van der Waals surface area contributed by atoms with Gasteiger partial charge in [-0.05, 0) is 76.6 Å². The zero-order valence-electron chi connectivity index (χ0n) is 17.1. The Morgan fingerprint density at radius 1 is 1.00 bits per heavy atom. The van der Waals surface area contributed by atoms with Gasteiger partial charge in [0.05, 0.1) is 7.11 Å². The lowest BCUT2D eigenvalue weighted by molar-refractivity contribution is 0.332. The number of benzene rings is 2. The van der Waals surface area contributed by atoms with Crippen molar-refractivity contribution in [3.8, 4) is 22.6 Å². The summed E-state index contributed by atoms with van der Waals surface area (Å²) in [6.45, 7) is 11.3. The summed E-state index contributed by atoms with van der Waals surface area (Å²) in [5.74, 6) is 0.464. The molecule has 0 heterocycles. The van der Waals surface area contributed by atoms with Crippen LogP contribution in [-0.4, -0.2) is 12.2 Å². The van der Waals surface area contributed by atoms with Crippen molar-refractivity contribution in [1.82, 2.24) is 0 Å². The monoisotopic (exact) mass is 367 g/mol. The highest BCUT2D eigenvalue weighted by atomic mass is 16.5. The van der Waals surface area contributed by atoms with Crippen molar-refractivity contribution < 1.29 is 9.84 Å². The Hall–Kier alpha value is -2.36. The molecular weight excluding hydrogens is 338 g/mol. The number of aromatic hydroxyl groups is 1. The van der Waals surface area contributed by atoms with Gasteiger partial charge in [-0.15, -0.1) is 0 Å². The number of aryl methyl sites for hydroxylation is 1. The topological polar surface area (TPSA) is 58.9 Å². The average molecular weight is 367 g/mol. The van der Waals surface area contributed by atoms with E-state index < -0.39 is 0 Å². The number of phenols is 1. The molecule has 3 rings (SSSR count). The molecule has 0 bridgehead atoms. The minimum absolute atomic E-state index is 0.0209. The highest BCUT2D eigenvalue weighted by Gasteiger charge is 2.37. The smallest absolute Gasteiger partial charge is 0.168 e. The number of nitrogens with zero attached hydrogens (tertiary/aromatic N) is 1. The van der Waals surface area contributed by atoms with E-state index in [-0.39, 0.29) is 23.1 Å². The highest BCUT2D eigenvalue weighted by Crippen LogP contribution is 2.49. The number of phenolic OH excluding ortho intramolecular Hbond substituents is 1. The molecule has 0 saturated heterocycles. The summed E-state index contributed by atoms with van der Waals surface area (Å²) in [4.78, 5) is 10.7. The third-order valence-corrected chi connectivity index (χ3v) is 6.07. The van der Waals surface area contributed by atoms with Gasteiger partial charge in [0, 0.05) is 5.56 Å². The molecule has 0 saturated carbocycles. The molecule has 2 aromatic rings. The van der Waals surface area contributed by atoms with Gasteiger partial charge in [0.25, 0.3) is 0 Å². The maximum absolute atomic E-state index is 10.7. The summed E-state index contributed by atoms with van der Waals surface area (Å²) in [5, 5.41) is 13.4. The normalized spacial score (nSPS) is 17.3. The molecule has 0 aromatic heterocycles. The fraction of sp³-hybridized carbons (Fsp3) is 0.478. The SMILES string of the molecule is COc1c(O)cc(CN=O)cc1-c1cc2c(cc1C)C(C)(C)CCC2(C)C. The molecule has 0 radical (unpaired) electrons. The molecule has 27 heavy (non-hydrogen) atoms. The molecule has 1 N–H and O–H groups in total. The van der Waals surface area contributed by atoms with Crippen LogP contribution in [0.2, 0.25) is 0 Å². The van der Waals surface area contributed by atoms with E-state index in [4.69, 9.17) is 4.74 Å². The average Bonchev–Trinajstić information content (AvgIpc) is 2.59. The van der Waals surface area contributed by atoms with E-state index in [9.17, 15) is 10.0 Å². The Morgan fingerprint density at radius 3 is 2.15 bits per heavy atom. The molecule has 1 aliphatic rings. The second-order valence-electron chi connectivity index (χ2n) is 8.96. The van der Waals surface area contributed by atoms with Crippen molar-refractivity contribution in [3.63, 3.8) is 0 Å². The molecule has 0 fully saturated rings. The van der Waals surface area contributed by atoms with Crippen LogP contribution < -0.4 is 4.74 Å². The second kappa shape index (κ2) is 6.66. The van der Waals surface area contributed by atoms with Gasteiger partial charge in [-0.1, -0.05) is 38.9 Å². The van der Waals surface area contributed by atoms with Gasteiger partial charge in [0.2, 0.25) is 0 Å². The van der Waals surface area contributed by atoms with E-state index >= 15 is 0 Å². The molecule has 0 atom stereocenters. The van der Waals surface area contributed by atoms with E-state index in [2.05, 4.69) is 51.9 Å². The van der Waals surface area contributed by atoms with Crippen molar-refractivity contribution in [1.29, 1.82) is 0 Å². The Labute approximate surface area is 161 Å². The first-order valence-electron chi connectivity index (χ1n) is 9.45. The fourth-order valence-corrected chi connectivity index (χ4v) is 4.26. The minimum atomic E-state index is 0.0209. The van der Waals surface area contributed by atoms with Gasteiger partial charge in [0.15, 0.2) is 11.5 Å². The molecule has 2 aromatic carbocycles. The van der Waals surface area contributed by atoms with Crippen molar-refractivity contribution in [2.45, 2.75) is 64.8 Å². The number of hydrogen-bond donors (Lipinski definition) is 1. The van der Waals surface area contributed by atoms with E-state index in [1.807, 2.05) is 6.07 Å². The molecule has 1 aliphatic carbocycles. The largest absolute Gasteiger partial charge is 0.504 e. The van der Waals surface area contributed by atoms with Gasteiger partial charge in [0.1, 0.15) is 6.54 Å². The molecule has 4 heteroatoms. The maximum Gasteiger partial charge on any atom is 0.168 e. The first kappa shape index (κ1) is 19.4. The van der Waals surface area contributed by atoms with Crippen molar-refractivity contribution in [2.24, 2.45) is 5.18 Å². The summed E-state index contributed by atoms with van der Waals surface area (Å²) in [6, 6.07) is 7.98. The zero-order chi connectivity index (χ0) is 20.0. The van der Waals surface area contributed by atoms with Crippen LogP contribution in [0.1, 0.15) is 62.8 Å².